The summed E-state index contributed by atoms with van der Waals surface area (Å²) in [5.41, 5.74) is 3.75. The van der Waals surface area contributed by atoms with Crippen LogP contribution < -0.4 is 10.2 Å². The molecule has 1 amide bonds. The van der Waals surface area contributed by atoms with Crippen molar-refractivity contribution in [1.82, 2.24) is 15.0 Å². The van der Waals surface area contributed by atoms with Gasteiger partial charge in [0.1, 0.15) is 12.3 Å². The van der Waals surface area contributed by atoms with E-state index < -0.39 is 0 Å². The van der Waals surface area contributed by atoms with Crippen molar-refractivity contribution in [1.29, 1.82) is 0 Å². The van der Waals surface area contributed by atoms with Gasteiger partial charge in [-0.25, -0.2) is 9.48 Å². The average molecular weight is 315 g/mol. The predicted molar refractivity (Wildman–Crippen MR) is 87.6 cm³/mol. The van der Waals surface area contributed by atoms with E-state index in [1.54, 1.807) is 4.90 Å². The molecule has 0 spiro atoms. The minimum absolute atomic E-state index is 0.287. The van der Waals surface area contributed by atoms with Gasteiger partial charge in [-0.3, -0.25) is 4.90 Å². The monoisotopic (exact) mass is 315 g/mol. The molecule has 1 aromatic carbocycles. The molecule has 3 rings (SSSR count). The number of benzene rings is 1. The molecule has 1 aliphatic rings. The van der Waals surface area contributed by atoms with Crippen molar-refractivity contribution >= 4 is 17.5 Å². The van der Waals surface area contributed by atoms with Crippen LogP contribution in [-0.2, 0) is 11.3 Å². The molecular weight excluding hydrogens is 294 g/mol. The van der Waals surface area contributed by atoms with Gasteiger partial charge in [0, 0.05) is 11.7 Å². The van der Waals surface area contributed by atoms with Gasteiger partial charge in [-0.2, -0.15) is 0 Å². The first-order valence-electron chi connectivity index (χ1n) is 7.74. The first kappa shape index (κ1) is 15.3. The molecule has 7 nitrogen and oxygen atoms in total. The summed E-state index contributed by atoms with van der Waals surface area (Å²) in [6.07, 6.45) is 1.65. The first-order chi connectivity index (χ1) is 11.1. The number of anilines is 2. The Morgan fingerprint density at radius 1 is 1.39 bits per heavy atom. The number of carbonyl (C=O) groups is 1. The van der Waals surface area contributed by atoms with Crippen LogP contribution in [0.2, 0.25) is 0 Å². The summed E-state index contributed by atoms with van der Waals surface area (Å²) in [6.45, 7) is 7.74. The van der Waals surface area contributed by atoms with Gasteiger partial charge in [0.25, 0.3) is 0 Å². The van der Waals surface area contributed by atoms with Crippen LogP contribution in [0.3, 0.4) is 0 Å². The Bertz CT molecular complexity index is 710. The van der Waals surface area contributed by atoms with E-state index >= 15 is 0 Å². The number of carbonyl (C=O) groups excluding carboxylic acids is 1. The Morgan fingerprint density at radius 2 is 2.22 bits per heavy atom. The lowest BCUT2D eigenvalue weighted by Crippen LogP contribution is -2.24. The van der Waals surface area contributed by atoms with Gasteiger partial charge < -0.3 is 10.1 Å². The zero-order chi connectivity index (χ0) is 16.4. The van der Waals surface area contributed by atoms with Crippen molar-refractivity contribution in [3.05, 3.63) is 35.7 Å². The summed E-state index contributed by atoms with van der Waals surface area (Å²) in [4.78, 5) is 13.4. The average Bonchev–Trinajstić information content (AvgIpc) is 3.15. The van der Waals surface area contributed by atoms with E-state index in [-0.39, 0.29) is 6.09 Å². The molecule has 0 atom stereocenters. The summed E-state index contributed by atoms with van der Waals surface area (Å²) >= 11 is 0. The third-order valence-corrected chi connectivity index (χ3v) is 3.90. The van der Waals surface area contributed by atoms with Gasteiger partial charge in [-0.15, -0.1) is 5.10 Å². The molecule has 1 N–H and O–H groups in total. The number of cyclic esters (lactones) is 1. The van der Waals surface area contributed by atoms with E-state index in [1.807, 2.05) is 36.0 Å². The third-order valence-electron chi connectivity index (χ3n) is 3.90. The number of hydrogen-bond acceptors (Lipinski definition) is 5. The zero-order valence-corrected chi connectivity index (χ0v) is 13.6. The molecule has 1 fully saturated rings. The predicted octanol–water partition coefficient (Wildman–Crippen LogP) is 2.74. The van der Waals surface area contributed by atoms with Crippen LogP contribution >= 0.6 is 0 Å². The van der Waals surface area contributed by atoms with Crippen LogP contribution in [0.4, 0.5) is 16.2 Å². The van der Waals surface area contributed by atoms with Crippen LogP contribution in [-0.4, -0.2) is 34.2 Å². The van der Waals surface area contributed by atoms with Crippen LogP contribution in [0.15, 0.2) is 24.4 Å². The van der Waals surface area contributed by atoms with Crippen LogP contribution in [0.25, 0.3) is 0 Å². The highest BCUT2D eigenvalue weighted by atomic mass is 16.6. The Balaban J connectivity index is 1.74. The van der Waals surface area contributed by atoms with E-state index in [2.05, 4.69) is 29.5 Å². The normalized spacial score (nSPS) is 14.4. The van der Waals surface area contributed by atoms with E-state index in [1.165, 1.54) is 0 Å². The molecule has 0 bridgehead atoms. The molecule has 1 aromatic heterocycles. The molecule has 0 unspecified atom stereocenters. The molecule has 2 heterocycles. The smallest absolute Gasteiger partial charge is 0.414 e. The largest absolute Gasteiger partial charge is 0.447 e. The number of hydrogen-bond donors (Lipinski definition) is 1. The molecule has 0 aliphatic carbocycles. The minimum atomic E-state index is -0.287. The molecule has 1 aliphatic heterocycles. The second-order valence-corrected chi connectivity index (χ2v) is 5.85. The second-order valence-electron chi connectivity index (χ2n) is 5.85. The Hall–Kier alpha value is -2.57. The third kappa shape index (κ3) is 3.13. The van der Waals surface area contributed by atoms with Gasteiger partial charge in [0.15, 0.2) is 0 Å². The fourth-order valence-electron chi connectivity index (χ4n) is 2.55. The number of aromatic nitrogens is 3. The summed E-state index contributed by atoms with van der Waals surface area (Å²) < 4.78 is 6.85. The highest BCUT2D eigenvalue weighted by Gasteiger charge is 2.25. The van der Waals surface area contributed by atoms with Crippen molar-refractivity contribution in [2.75, 3.05) is 23.4 Å². The summed E-state index contributed by atoms with van der Waals surface area (Å²) in [7, 11) is 0. The van der Waals surface area contributed by atoms with E-state index in [0.717, 1.165) is 22.6 Å². The number of nitrogens with one attached hydrogen (secondary N) is 1. The van der Waals surface area contributed by atoms with Crippen molar-refractivity contribution in [3.8, 4) is 0 Å². The zero-order valence-electron chi connectivity index (χ0n) is 13.6. The second kappa shape index (κ2) is 6.28. The molecule has 0 saturated carbocycles. The van der Waals surface area contributed by atoms with Crippen LogP contribution in [0, 0.1) is 6.92 Å². The lowest BCUT2D eigenvalue weighted by atomic mass is 10.1. The van der Waals surface area contributed by atoms with Gasteiger partial charge in [0.05, 0.1) is 25.0 Å². The summed E-state index contributed by atoms with van der Waals surface area (Å²) in [6, 6.07) is 6.15. The van der Waals surface area contributed by atoms with E-state index in [4.69, 9.17) is 4.74 Å². The topological polar surface area (TPSA) is 72.3 Å². The van der Waals surface area contributed by atoms with Crippen molar-refractivity contribution < 1.29 is 9.53 Å². The molecular formula is C16H21N5O2. The van der Waals surface area contributed by atoms with E-state index in [9.17, 15) is 4.79 Å². The van der Waals surface area contributed by atoms with Crippen molar-refractivity contribution in [2.45, 2.75) is 33.4 Å². The van der Waals surface area contributed by atoms with Crippen LogP contribution in [0.1, 0.15) is 31.1 Å². The van der Waals surface area contributed by atoms with Crippen molar-refractivity contribution in [3.63, 3.8) is 0 Å². The molecule has 7 heteroatoms. The number of rotatable bonds is 5. The Labute approximate surface area is 135 Å². The van der Waals surface area contributed by atoms with Gasteiger partial charge in [-0.05, 0) is 38.5 Å². The van der Waals surface area contributed by atoms with Crippen LogP contribution in [0.5, 0.6) is 0 Å². The lowest BCUT2D eigenvalue weighted by Gasteiger charge is -2.18. The minimum Gasteiger partial charge on any atom is -0.447 e. The van der Waals surface area contributed by atoms with E-state index in [0.29, 0.717) is 25.7 Å². The molecule has 2 aromatic rings. The molecule has 0 radical (unpaired) electrons. The molecule has 23 heavy (non-hydrogen) atoms. The maximum atomic E-state index is 11.7. The molecule has 1 saturated heterocycles. The first-order valence-corrected chi connectivity index (χ1v) is 7.74. The number of nitrogens with zero attached hydrogens (tertiary/aromatic N) is 4. The summed E-state index contributed by atoms with van der Waals surface area (Å²) in [5, 5.41) is 11.6. The quantitative estimate of drug-likeness (QED) is 0.918. The fraction of sp³-hybridized carbons (Fsp3) is 0.438. The van der Waals surface area contributed by atoms with Gasteiger partial charge in [-0.1, -0.05) is 11.3 Å². The summed E-state index contributed by atoms with van der Waals surface area (Å²) in [5.74, 6) is 0. The Kier molecular flexibility index (Phi) is 4.18. The van der Waals surface area contributed by atoms with Gasteiger partial charge >= 0.3 is 6.09 Å². The maximum absolute atomic E-state index is 11.7. The standard InChI is InChI=1S/C16H21N5O2/c1-11(2)21-10-13(18-19-21)9-17-14-5-4-6-15(12(14)3)20-7-8-23-16(20)22/h4-6,10-11,17H,7-9H2,1-3H3. The highest BCUT2D eigenvalue weighted by Crippen LogP contribution is 2.28. The number of amides is 1. The van der Waals surface area contributed by atoms with Gasteiger partial charge in [0.2, 0.25) is 0 Å². The molecule has 122 valence electrons. The highest BCUT2D eigenvalue weighted by molar-refractivity contribution is 5.91. The SMILES string of the molecule is Cc1c(NCc2cn(C(C)C)nn2)cccc1N1CCOC1=O. The van der Waals surface area contributed by atoms with Crippen molar-refractivity contribution in [2.24, 2.45) is 0 Å². The lowest BCUT2D eigenvalue weighted by molar-refractivity contribution is 0.181. The Morgan fingerprint density at radius 3 is 2.87 bits per heavy atom. The maximum Gasteiger partial charge on any atom is 0.414 e. The number of ether oxygens (including phenoxy) is 1. The fourth-order valence-corrected chi connectivity index (χ4v) is 2.55.